The average molecular weight is 257 g/mol. The third-order valence-electron chi connectivity index (χ3n) is 3.39. The Morgan fingerprint density at radius 2 is 2.11 bits per heavy atom. The number of piperidine rings is 1. The number of nitrogens with zero attached hydrogens (tertiary/aromatic N) is 1. The van der Waals surface area contributed by atoms with Crippen LogP contribution in [0.15, 0.2) is 0 Å². The Morgan fingerprint density at radius 3 is 2.67 bits per heavy atom. The van der Waals surface area contributed by atoms with E-state index in [1.165, 1.54) is 0 Å². The molecule has 1 fully saturated rings. The molecule has 1 rings (SSSR count). The van der Waals surface area contributed by atoms with E-state index in [4.69, 9.17) is 9.84 Å². The minimum atomic E-state index is -0.807. The van der Waals surface area contributed by atoms with E-state index in [9.17, 15) is 9.59 Å². The van der Waals surface area contributed by atoms with Crippen molar-refractivity contribution in [1.29, 1.82) is 0 Å². The van der Waals surface area contributed by atoms with Gasteiger partial charge in [0, 0.05) is 12.6 Å². The second-order valence-electron chi connectivity index (χ2n) is 5.08. The molecule has 104 valence electrons. The number of hydrogen-bond acceptors (Lipinski definition) is 3. The number of likely N-dealkylation sites (tertiary alicyclic amines) is 1. The summed E-state index contributed by atoms with van der Waals surface area (Å²) in [5.41, 5.74) is 0. The molecule has 18 heavy (non-hydrogen) atoms. The molecule has 0 bridgehead atoms. The molecule has 2 atom stereocenters. The van der Waals surface area contributed by atoms with Crippen LogP contribution in [0.25, 0.3) is 0 Å². The number of hydrogen-bond donors (Lipinski definition) is 1. The lowest BCUT2D eigenvalue weighted by atomic mass is 9.90. The van der Waals surface area contributed by atoms with Crippen LogP contribution in [0.4, 0.5) is 0 Å². The summed E-state index contributed by atoms with van der Waals surface area (Å²) in [6, 6.07) is -0.220. The average Bonchev–Trinajstić information content (AvgIpc) is 2.28. The largest absolute Gasteiger partial charge is 0.481 e. The summed E-state index contributed by atoms with van der Waals surface area (Å²) >= 11 is 0. The van der Waals surface area contributed by atoms with Gasteiger partial charge in [0.1, 0.15) is 0 Å². The van der Waals surface area contributed by atoms with E-state index in [1.807, 2.05) is 20.8 Å². The molecular formula is C13H23NO4. The Hall–Kier alpha value is -1.10. The van der Waals surface area contributed by atoms with Crippen molar-refractivity contribution < 1.29 is 19.4 Å². The minimum Gasteiger partial charge on any atom is -0.481 e. The maximum absolute atomic E-state index is 12.0. The minimum absolute atomic E-state index is 0.00546. The number of carbonyl (C=O) groups excluding carboxylic acids is 1. The summed E-state index contributed by atoms with van der Waals surface area (Å²) in [4.78, 5) is 24.8. The van der Waals surface area contributed by atoms with Crippen molar-refractivity contribution in [2.75, 3.05) is 13.2 Å². The maximum atomic E-state index is 12.0. The summed E-state index contributed by atoms with van der Waals surface area (Å²) in [5, 5.41) is 9.09. The predicted molar refractivity (Wildman–Crippen MR) is 67.2 cm³/mol. The number of carboxylic acid groups (broad SMARTS) is 1. The van der Waals surface area contributed by atoms with Crippen LogP contribution < -0.4 is 0 Å². The van der Waals surface area contributed by atoms with Crippen LogP contribution >= 0.6 is 0 Å². The fourth-order valence-corrected chi connectivity index (χ4v) is 2.35. The summed E-state index contributed by atoms with van der Waals surface area (Å²) in [5.74, 6) is -1.25. The first-order valence-corrected chi connectivity index (χ1v) is 6.57. The van der Waals surface area contributed by atoms with Gasteiger partial charge in [-0.3, -0.25) is 9.59 Å². The highest BCUT2D eigenvalue weighted by Gasteiger charge is 2.34. The number of aliphatic carboxylic acids is 1. The Bertz CT molecular complexity index is 303. The highest BCUT2D eigenvalue weighted by Crippen LogP contribution is 2.24. The number of carbonyl (C=O) groups is 2. The van der Waals surface area contributed by atoms with E-state index in [2.05, 4.69) is 0 Å². The van der Waals surface area contributed by atoms with Crippen molar-refractivity contribution in [3.8, 4) is 0 Å². The highest BCUT2D eigenvalue weighted by molar-refractivity contribution is 5.78. The zero-order valence-electron chi connectivity index (χ0n) is 11.4. The number of amides is 1. The molecule has 0 spiro atoms. The first-order chi connectivity index (χ1) is 8.43. The van der Waals surface area contributed by atoms with E-state index in [1.54, 1.807) is 4.90 Å². The van der Waals surface area contributed by atoms with Crippen molar-refractivity contribution in [2.24, 2.45) is 5.92 Å². The van der Waals surface area contributed by atoms with Crippen molar-refractivity contribution in [1.82, 2.24) is 4.90 Å². The van der Waals surface area contributed by atoms with Crippen molar-refractivity contribution in [3.05, 3.63) is 0 Å². The van der Waals surface area contributed by atoms with Gasteiger partial charge in [0.2, 0.25) is 5.91 Å². The molecule has 1 N–H and O–H groups in total. The molecule has 1 saturated heterocycles. The molecule has 0 unspecified atom stereocenters. The lowest BCUT2D eigenvalue weighted by Gasteiger charge is -2.37. The molecule has 5 nitrogen and oxygen atoms in total. The van der Waals surface area contributed by atoms with Gasteiger partial charge in [0.15, 0.2) is 0 Å². The number of ether oxygens (including phenoxy) is 1. The SMILES string of the molecule is CC(C)OCCC(=O)N1CCC[C@H](C(=O)O)[C@@H]1C. The van der Waals surface area contributed by atoms with Gasteiger partial charge in [-0.25, -0.2) is 0 Å². The van der Waals surface area contributed by atoms with Crippen LogP contribution in [0, 0.1) is 5.92 Å². The molecule has 1 aliphatic heterocycles. The fourth-order valence-electron chi connectivity index (χ4n) is 2.35. The van der Waals surface area contributed by atoms with Gasteiger partial charge in [-0.15, -0.1) is 0 Å². The van der Waals surface area contributed by atoms with Crippen LogP contribution in [0.2, 0.25) is 0 Å². The van der Waals surface area contributed by atoms with Gasteiger partial charge in [0.05, 0.1) is 25.0 Å². The summed E-state index contributed by atoms with van der Waals surface area (Å²) in [6.07, 6.45) is 1.86. The lowest BCUT2D eigenvalue weighted by Crippen LogP contribution is -2.49. The Kier molecular flexibility index (Phi) is 5.59. The first-order valence-electron chi connectivity index (χ1n) is 6.57. The van der Waals surface area contributed by atoms with Crippen LogP contribution in [-0.4, -0.2) is 47.2 Å². The van der Waals surface area contributed by atoms with Gasteiger partial charge in [0.25, 0.3) is 0 Å². The molecule has 0 radical (unpaired) electrons. The van der Waals surface area contributed by atoms with Gasteiger partial charge < -0.3 is 14.7 Å². The molecule has 1 amide bonds. The van der Waals surface area contributed by atoms with E-state index >= 15 is 0 Å². The molecule has 0 aliphatic carbocycles. The van der Waals surface area contributed by atoms with E-state index in [0.29, 0.717) is 26.0 Å². The Labute approximate surface area is 108 Å². The van der Waals surface area contributed by atoms with E-state index in [-0.39, 0.29) is 18.1 Å². The third-order valence-corrected chi connectivity index (χ3v) is 3.39. The van der Waals surface area contributed by atoms with Gasteiger partial charge in [-0.05, 0) is 33.6 Å². The van der Waals surface area contributed by atoms with Crippen LogP contribution in [-0.2, 0) is 14.3 Å². The molecule has 0 aromatic rings. The summed E-state index contributed by atoms with van der Waals surface area (Å²) in [7, 11) is 0. The first kappa shape index (κ1) is 15.0. The Balaban J connectivity index is 2.48. The zero-order chi connectivity index (χ0) is 13.7. The maximum Gasteiger partial charge on any atom is 0.308 e. The third kappa shape index (κ3) is 3.98. The van der Waals surface area contributed by atoms with Crippen molar-refractivity contribution in [2.45, 2.75) is 52.2 Å². The standard InChI is InChI=1S/C13H23NO4/c1-9(2)18-8-6-12(15)14-7-4-5-11(10(14)3)13(16)17/h9-11H,4-8H2,1-3H3,(H,16,17)/t10-,11-/m0/s1. The quantitative estimate of drug-likeness (QED) is 0.810. The van der Waals surface area contributed by atoms with Crippen LogP contribution in [0.1, 0.15) is 40.0 Å². The number of rotatable bonds is 5. The number of carboxylic acids is 1. The highest BCUT2D eigenvalue weighted by atomic mass is 16.5. The molecule has 1 aliphatic rings. The second-order valence-corrected chi connectivity index (χ2v) is 5.08. The second kappa shape index (κ2) is 6.73. The molecule has 1 heterocycles. The smallest absolute Gasteiger partial charge is 0.308 e. The lowest BCUT2D eigenvalue weighted by molar-refractivity contribution is -0.149. The van der Waals surface area contributed by atoms with Gasteiger partial charge in [-0.1, -0.05) is 0 Å². The van der Waals surface area contributed by atoms with Gasteiger partial charge in [-0.2, -0.15) is 0 Å². The molecule has 0 aromatic carbocycles. The molecular weight excluding hydrogens is 234 g/mol. The summed E-state index contributed by atoms with van der Waals surface area (Å²) in [6.45, 7) is 6.73. The summed E-state index contributed by atoms with van der Waals surface area (Å²) < 4.78 is 5.35. The van der Waals surface area contributed by atoms with E-state index < -0.39 is 11.9 Å². The monoisotopic (exact) mass is 257 g/mol. The van der Waals surface area contributed by atoms with Crippen molar-refractivity contribution >= 4 is 11.9 Å². The normalized spacial score (nSPS) is 24.3. The fraction of sp³-hybridized carbons (Fsp3) is 0.846. The van der Waals surface area contributed by atoms with Crippen molar-refractivity contribution in [3.63, 3.8) is 0 Å². The zero-order valence-corrected chi connectivity index (χ0v) is 11.4. The molecule has 0 aromatic heterocycles. The van der Waals surface area contributed by atoms with Gasteiger partial charge >= 0.3 is 5.97 Å². The van der Waals surface area contributed by atoms with Crippen LogP contribution in [0.3, 0.4) is 0 Å². The molecule has 5 heteroatoms. The van der Waals surface area contributed by atoms with E-state index in [0.717, 1.165) is 6.42 Å². The topological polar surface area (TPSA) is 66.8 Å². The van der Waals surface area contributed by atoms with Crippen LogP contribution in [0.5, 0.6) is 0 Å². The molecule has 0 saturated carbocycles. The predicted octanol–water partition coefficient (Wildman–Crippen LogP) is 1.51. The Morgan fingerprint density at radius 1 is 1.44 bits per heavy atom.